The zero-order chi connectivity index (χ0) is 13.0. The fourth-order valence-corrected chi connectivity index (χ4v) is 1.59. The topological polar surface area (TPSA) is 59.7 Å². The minimum atomic E-state index is -1.37. The molecule has 0 aliphatic heterocycles. The number of carbonyl (C=O) groups excluding carboxylic acids is 1. The molecule has 0 radical (unpaired) electrons. The van der Waals surface area contributed by atoms with Crippen LogP contribution in [0.3, 0.4) is 0 Å². The van der Waals surface area contributed by atoms with Crippen LogP contribution < -0.4 is 0 Å². The van der Waals surface area contributed by atoms with Crippen molar-refractivity contribution < 1.29 is 19.1 Å². The Morgan fingerprint density at radius 2 is 2.00 bits per heavy atom. The fraction of sp³-hybridized carbons (Fsp3) is 0.214. The zero-order valence-electron chi connectivity index (χ0n) is 10.00. The molecule has 0 unspecified atom stereocenters. The minimum Gasteiger partial charge on any atom is -0.464 e. The SMILES string of the molecule is CCOC(=O)[C@H](O)c1ccc(-c2ccccc2)o1. The molecule has 1 N–H and O–H groups in total. The third kappa shape index (κ3) is 2.60. The summed E-state index contributed by atoms with van der Waals surface area (Å²) >= 11 is 0. The number of ether oxygens (including phenoxy) is 1. The van der Waals surface area contributed by atoms with Crippen molar-refractivity contribution >= 4 is 5.97 Å². The number of furan rings is 1. The third-order valence-corrected chi connectivity index (χ3v) is 2.46. The molecule has 1 atom stereocenters. The van der Waals surface area contributed by atoms with Gasteiger partial charge < -0.3 is 14.3 Å². The number of aliphatic hydroxyl groups excluding tert-OH is 1. The largest absolute Gasteiger partial charge is 0.464 e. The molecule has 1 aromatic carbocycles. The van der Waals surface area contributed by atoms with Crippen LogP contribution in [0.5, 0.6) is 0 Å². The predicted octanol–water partition coefficient (Wildman–Crippen LogP) is 2.54. The maximum atomic E-state index is 11.4. The lowest BCUT2D eigenvalue weighted by atomic mass is 10.2. The van der Waals surface area contributed by atoms with Gasteiger partial charge in [0.15, 0.2) is 0 Å². The number of esters is 1. The molecule has 0 fully saturated rings. The van der Waals surface area contributed by atoms with Crippen molar-refractivity contribution in [3.63, 3.8) is 0 Å². The van der Waals surface area contributed by atoms with Gasteiger partial charge >= 0.3 is 5.97 Å². The van der Waals surface area contributed by atoms with Crippen LogP contribution in [0.4, 0.5) is 0 Å². The number of carbonyl (C=O) groups is 1. The Hall–Kier alpha value is -2.07. The summed E-state index contributed by atoms with van der Waals surface area (Å²) in [5.41, 5.74) is 0.889. The van der Waals surface area contributed by atoms with E-state index >= 15 is 0 Å². The van der Waals surface area contributed by atoms with Gasteiger partial charge in [0.05, 0.1) is 6.61 Å². The molecule has 4 heteroatoms. The van der Waals surface area contributed by atoms with E-state index in [4.69, 9.17) is 9.15 Å². The average Bonchev–Trinajstić information content (AvgIpc) is 2.89. The molecule has 4 nitrogen and oxygen atoms in total. The third-order valence-electron chi connectivity index (χ3n) is 2.46. The molecule has 2 aromatic rings. The number of hydrogen-bond acceptors (Lipinski definition) is 4. The molecule has 0 aliphatic rings. The van der Waals surface area contributed by atoms with Crippen molar-refractivity contribution in [3.05, 3.63) is 48.2 Å². The van der Waals surface area contributed by atoms with E-state index in [1.54, 1.807) is 19.1 Å². The van der Waals surface area contributed by atoms with Gasteiger partial charge in [0.2, 0.25) is 6.10 Å². The molecule has 0 amide bonds. The van der Waals surface area contributed by atoms with Gasteiger partial charge in [0.25, 0.3) is 0 Å². The van der Waals surface area contributed by atoms with Crippen molar-refractivity contribution in [3.8, 4) is 11.3 Å². The Morgan fingerprint density at radius 3 is 2.67 bits per heavy atom. The van der Waals surface area contributed by atoms with Crippen LogP contribution in [-0.2, 0) is 9.53 Å². The van der Waals surface area contributed by atoms with Gasteiger partial charge in [-0.2, -0.15) is 0 Å². The van der Waals surface area contributed by atoms with Crippen molar-refractivity contribution in [2.75, 3.05) is 6.61 Å². The van der Waals surface area contributed by atoms with E-state index in [2.05, 4.69) is 0 Å². The number of rotatable bonds is 4. The minimum absolute atomic E-state index is 0.187. The van der Waals surface area contributed by atoms with E-state index in [1.165, 1.54) is 0 Å². The van der Waals surface area contributed by atoms with E-state index in [0.717, 1.165) is 5.56 Å². The van der Waals surface area contributed by atoms with Crippen LogP contribution in [-0.4, -0.2) is 17.7 Å². The summed E-state index contributed by atoms with van der Waals surface area (Å²) in [5.74, 6) is 0.0905. The summed E-state index contributed by atoms with van der Waals surface area (Å²) in [6.45, 7) is 1.91. The van der Waals surface area contributed by atoms with Crippen molar-refractivity contribution in [1.29, 1.82) is 0 Å². The van der Waals surface area contributed by atoms with Crippen LogP contribution >= 0.6 is 0 Å². The first-order chi connectivity index (χ1) is 8.72. The smallest absolute Gasteiger partial charge is 0.342 e. The number of benzene rings is 1. The summed E-state index contributed by atoms with van der Waals surface area (Å²) in [6, 6.07) is 12.7. The van der Waals surface area contributed by atoms with Gasteiger partial charge in [0.1, 0.15) is 11.5 Å². The second kappa shape index (κ2) is 5.51. The van der Waals surface area contributed by atoms with E-state index in [9.17, 15) is 9.90 Å². The van der Waals surface area contributed by atoms with E-state index in [0.29, 0.717) is 5.76 Å². The summed E-state index contributed by atoms with van der Waals surface area (Å²) in [7, 11) is 0. The summed E-state index contributed by atoms with van der Waals surface area (Å²) < 4.78 is 10.2. The Morgan fingerprint density at radius 1 is 1.28 bits per heavy atom. The van der Waals surface area contributed by atoms with Crippen molar-refractivity contribution in [2.24, 2.45) is 0 Å². The zero-order valence-corrected chi connectivity index (χ0v) is 10.00. The maximum absolute atomic E-state index is 11.4. The molecule has 2 rings (SSSR count). The molecule has 0 bridgehead atoms. The lowest BCUT2D eigenvalue weighted by molar-refractivity contribution is -0.154. The average molecular weight is 246 g/mol. The molecule has 94 valence electrons. The number of aliphatic hydroxyl groups is 1. The van der Waals surface area contributed by atoms with Gasteiger partial charge in [-0.1, -0.05) is 30.3 Å². The van der Waals surface area contributed by atoms with Crippen molar-refractivity contribution in [1.82, 2.24) is 0 Å². The molecule has 0 spiro atoms. The summed E-state index contributed by atoms with van der Waals surface area (Å²) in [4.78, 5) is 11.4. The first-order valence-electron chi connectivity index (χ1n) is 5.72. The molecule has 0 saturated carbocycles. The van der Waals surface area contributed by atoms with Crippen LogP contribution in [0, 0.1) is 0 Å². The highest BCUT2D eigenvalue weighted by Gasteiger charge is 2.22. The Labute approximate surface area is 105 Å². The monoisotopic (exact) mass is 246 g/mol. The highest BCUT2D eigenvalue weighted by molar-refractivity contribution is 5.75. The summed E-state index contributed by atoms with van der Waals surface area (Å²) in [6.07, 6.45) is -1.37. The van der Waals surface area contributed by atoms with Gasteiger partial charge in [-0.05, 0) is 19.1 Å². The second-order valence-corrected chi connectivity index (χ2v) is 3.72. The lowest BCUT2D eigenvalue weighted by Crippen LogP contribution is -2.14. The maximum Gasteiger partial charge on any atom is 0.342 e. The molecule has 0 aliphatic carbocycles. The van der Waals surface area contributed by atoms with Crippen LogP contribution in [0.25, 0.3) is 11.3 Å². The molecular formula is C14H14O4. The first-order valence-corrected chi connectivity index (χ1v) is 5.72. The normalized spacial score (nSPS) is 12.1. The van der Waals surface area contributed by atoms with Gasteiger partial charge in [-0.3, -0.25) is 0 Å². The molecule has 0 saturated heterocycles. The highest BCUT2D eigenvalue weighted by Crippen LogP contribution is 2.25. The molecule has 18 heavy (non-hydrogen) atoms. The Kier molecular flexibility index (Phi) is 3.79. The van der Waals surface area contributed by atoms with Gasteiger partial charge in [-0.15, -0.1) is 0 Å². The van der Waals surface area contributed by atoms with E-state index in [1.807, 2.05) is 30.3 Å². The standard InChI is InChI=1S/C14H14O4/c1-2-17-14(16)13(15)12-9-8-11(18-12)10-6-4-3-5-7-10/h3-9,13,15H,2H2,1H3/t13-/m1/s1. The quantitative estimate of drug-likeness (QED) is 0.842. The second-order valence-electron chi connectivity index (χ2n) is 3.72. The van der Waals surface area contributed by atoms with Gasteiger partial charge in [-0.25, -0.2) is 4.79 Å². The van der Waals surface area contributed by atoms with Crippen LogP contribution in [0.2, 0.25) is 0 Å². The fourth-order valence-electron chi connectivity index (χ4n) is 1.59. The summed E-state index contributed by atoms with van der Waals surface area (Å²) in [5, 5.41) is 9.71. The van der Waals surface area contributed by atoms with Crippen molar-refractivity contribution in [2.45, 2.75) is 13.0 Å². The molecule has 1 aromatic heterocycles. The first kappa shape index (κ1) is 12.4. The number of hydrogen-bond donors (Lipinski definition) is 1. The predicted molar refractivity (Wildman–Crippen MR) is 65.7 cm³/mol. The van der Waals surface area contributed by atoms with Crippen LogP contribution in [0.1, 0.15) is 18.8 Å². The lowest BCUT2D eigenvalue weighted by Gasteiger charge is -2.06. The molecular weight excluding hydrogens is 232 g/mol. The Balaban J connectivity index is 2.18. The Bertz CT molecular complexity index is 516. The van der Waals surface area contributed by atoms with E-state index < -0.39 is 12.1 Å². The molecule has 1 heterocycles. The van der Waals surface area contributed by atoms with Gasteiger partial charge in [0, 0.05) is 5.56 Å². The highest BCUT2D eigenvalue weighted by atomic mass is 16.5. The van der Waals surface area contributed by atoms with Crippen LogP contribution in [0.15, 0.2) is 46.9 Å². The van der Waals surface area contributed by atoms with E-state index in [-0.39, 0.29) is 12.4 Å².